The first-order valence-corrected chi connectivity index (χ1v) is 8.82. The van der Waals surface area contributed by atoms with Crippen LogP contribution in [0.2, 0.25) is 0 Å². The van der Waals surface area contributed by atoms with Gasteiger partial charge in [-0.25, -0.2) is 0 Å². The van der Waals surface area contributed by atoms with Gasteiger partial charge in [0.05, 0.1) is 13.2 Å². The van der Waals surface area contributed by atoms with Crippen molar-refractivity contribution < 1.29 is 14.3 Å². The maximum absolute atomic E-state index is 13.1. The van der Waals surface area contributed by atoms with E-state index in [1.165, 1.54) is 18.4 Å². The summed E-state index contributed by atoms with van der Waals surface area (Å²) in [5, 5.41) is 0. The monoisotopic (exact) mass is 317 g/mol. The van der Waals surface area contributed by atoms with E-state index in [2.05, 4.69) is 17.0 Å². The Morgan fingerprint density at radius 1 is 1.09 bits per heavy atom. The summed E-state index contributed by atoms with van der Waals surface area (Å²) in [6, 6.07) is 8.42. The third-order valence-electron chi connectivity index (χ3n) is 5.11. The number of nitrogens with zero attached hydrogens (tertiary/aromatic N) is 1. The second-order valence-corrected chi connectivity index (χ2v) is 6.56. The molecule has 0 radical (unpaired) electrons. The fourth-order valence-electron chi connectivity index (χ4n) is 3.72. The maximum Gasteiger partial charge on any atom is 0.226 e. The second kappa shape index (κ2) is 7.82. The first kappa shape index (κ1) is 16.3. The predicted molar refractivity (Wildman–Crippen MR) is 89.5 cm³/mol. The fourth-order valence-corrected chi connectivity index (χ4v) is 3.72. The quantitative estimate of drug-likeness (QED) is 0.855. The smallest absolute Gasteiger partial charge is 0.226 e. The van der Waals surface area contributed by atoms with Crippen molar-refractivity contribution in [1.29, 1.82) is 0 Å². The van der Waals surface area contributed by atoms with Gasteiger partial charge in [-0.1, -0.05) is 25.0 Å². The molecule has 126 valence electrons. The number of rotatable bonds is 3. The lowest BCUT2D eigenvalue weighted by atomic mass is 9.95. The van der Waals surface area contributed by atoms with E-state index >= 15 is 0 Å². The normalized spacial score (nSPS) is 23.3. The molecule has 1 aromatic rings. The van der Waals surface area contributed by atoms with Gasteiger partial charge in [0, 0.05) is 25.7 Å². The lowest BCUT2D eigenvalue weighted by Gasteiger charge is -2.34. The number of hydrogen-bond acceptors (Lipinski definition) is 3. The van der Waals surface area contributed by atoms with Gasteiger partial charge in [-0.15, -0.1) is 0 Å². The summed E-state index contributed by atoms with van der Waals surface area (Å²) in [5.74, 6) is 1.34. The number of amides is 1. The highest BCUT2D eigenvalue weighted by atomic mass is 16.5. The van der Waals surface area contributed by atoms with E-state index in [0.29, 0.717) is 5.91 Å². The van der Waals surface area contributed by atoms with Crippen LogP contribution in [0.15, 0.2) is 24.3 Å². The molecule has 0 N–H and O–H groups in total. The van der Waals surface area contributed by atoms with Crippen LogP contribution in [0.1, 0.15) is 50.1 Å². The molecular weight excluding hydrogens is 290 g/mol. The molecule has 2 aliphatic heterocycles. The summed E-state index contributed by atoms with van der Waals surface area (Å²) >= 11 is 0. The number of carbonyl (C=O) groups excluding carboxylic acids is 1. The summed E-state index contributed by atoms with van der Waals surface area (Å²) in [6.45, 7) is 2.32. The highest BCUT2D eigenvalue weighted by Crippen LogP contribution is 2.33. The average molecular weight is 317 g/mol. The molecule has 0 saturated carbocycles. The van der Waals surface area contributed by atoms with E-state index in [4.69, 9.17) is 9.47 Å². The molecular formula is C19H27NO3. The van der Waals surface area contributed by atoms with Crippen LogP contribution < -0.4 is 4.74 Å². The van der Waals surface area contributed by atoms with Crippen molar-refractivity contribution in [3.63, 3.8) is 0 Å². The van der Waals surface area contributed by atoms with Crippen LogP contribution in [0.5, 0.6) is 5.75 Å². The minimum atomic E-state index is 0.141. The maximum atomic E-state index is 13.1. The first-order chi connectivity index (χ1) is 11.3. The van der Waals surface area contributed by atoms with Crippen LogP contribution in [0, 0.1) is 5.92 Å². The molecule has 0 aliphatic carbocycles. The number of benzene rings is 1. The van der Waals surface area contributed by atoms with E-state index in [-0.39, 0.29) is 12.0 Å². The van der Waals surface area contributed by atoms with Crippen molar-refractivity contribution in [2.45, 2.75) is 44.6 Å². The minimum Gasteiger partial charge on any atom is -0.497 e. The van der Waals surface area contributed by atoms with Crippen LogP contribution in [-0.4, -0.2) is 37.7 Å². The van der Waals surface area contributed by atoms with Gasteiger partial charge in [-0.3, -0.25) is 4.79 Å². The summed E-state index contributed by atoms with van der Waals surface area (Å²) in [7, 11) is 1.68. The summed E-state index contributed by atoms with van der Waals surface area (Å²) in [5.41, 5.74) is 1.23. The number of likely N-dealkylation sites (tertiary alicyclic amines) is 1. The lowest BCUT2D eigenvalue weighted by Crippen LogP contribution is -2.40. The second-order valence-electron chi connectivity index (χ2n) is 6.56. The standard InChI is InChI=1S/C19H27NO3/c1-22-17-8-6-15(7-9-17)18-5-3-2-4-12-20(18)19(21)16-10-13-23-14-11-16/h6-9,16,18H,2-5,10-14H2,1H3. The van der Waals surface area contributed by atoms with Gasteiger partial charge in [0.15, 0.2) is 0 Å². The Balaban J connectivity index is 1.79. The highest BCUT2D eigenvalue weighted by molar-refractivity contribution is 5.79. The molecule has 2 aliphatic rings. The molecule has 4 heteroatoms. The molecule has 0 spiro atoms. The number of ether oxygens (including phenoxy) is 2. The lowest BCUT2D eigenvalue weighted by molar-refractivity contribution is -0.141. The van der Waals surface area contributed by atoms with E-state index in [0.717, 1.165) is 51.2 Å². The van der Waals surface area contributed by atoms with E-state index in [1.54, 1.807) is 7.11 Å². The average Bonchev–Trinajstić information content (AvgIpc) is 2.88. The molecule has 2 saturated heterocycles. The van der Waals surface area contributed by atoms with Gasteiger partial charge in [0.2, 0.25) is 5.91 Å². The Hall–Kier alpha value is -1.55. The summed E-state index contributed by atoms with van der Waals surface area (Å²) in [6.07, 6.45) is 6.30. The number of methoxy groups -OCH3 is 1. The van der Waals surface area contributed by atoms with Crippen LogP contribution in [0.4, 0.5) is 0 Å². The predicted octanol–water partition coefficient (Wildman–Crippen LogP) is 3.57. The molecule has 1 atom stereocenters. The summed E-state index contributed by atoms with van der Waals surface area (Å²) < 4.78 is 10.7. The SMILES string of the molecule is COc1ccc(C2CCCCCN2C(=O)C2CCOCC2)cc1. The third-order valence-corrected chi connectivity index (χ3v) is 5.11. The minimum absolute atomic E-state index is 0.141. The van der Waals surface area contributed by atoms with Gasteiger partial charge in [0.25, 0.3) is 0 Å². The van der Waals surface area contributed by atoms with Crippen LogP contribution in [0.3, 0.4) is 0 Å². The molecule has 4 nitrogen and oxygen atoms in total. The Morgan fingerprint density at radius 3 is 2.52 bits per heavy atom. The van der Waals surface area contributed by atoms with Crippen molar-refractivity contribution in [3.05, 3.63) is 29.8 Å². The molecule has 2 fully saturated rings. The third kappa shape index (κ3) is 3.86. The van der Waals surface area contributed by atoms with E-state index in [9.17, 15) is 4.79 Å². The largest absolute Gasteiger partial charge is 0.497 e. The zero-order valence-electron chi connectivity index (χ0n) is 14.0. The zero-order chi connectivity index (χ0) is 16.1. The van der Waals surface area contributed by atoms with Gasteiger partial charge in [0.1, 0.15) is 5.75 Å². The van der Waals surface area contributed by atoms with Gasteiger partial charge < -0.3 is 14.4 Å². The Morgan fingerprint density at radius 2 is 1.83 bits per heavy atom. The van der Waals surface area contributed by atoms with Crippen molar-refractivity contribution in [2.24, 2.45) is 5.92 Å². The molecule has 1 unspecified atom stereocenters. The van der Waals surface area contributed by atoms with Crippen molar-refractivity contribution in [1.82, 2.24) is 4.90 Å². The Labute approximate surface area is 138 Å². The molecule has 1 amide bonds. The van der Waals surface area contributed by atoms with Gasteiger partial charge in [-0.05, 0) is 43.4 Å². The van der Waals surface area contributed by atoms with Crippen molar-refractivity contribution >= 4 is 5.91 Å². The van der Waals surface area contributed by atoms with Gasteiger partial charge >= 0.3 is 0 Å². The van der Waals surface area contributed by atoms with Crippen LogP contribution in [-0.2, 0) is 9.53 Å². The first-order valence-electron chi connectivity index (χ1n) is 8.82. The summed E-state index contributed by atoms with van der Waals surface area (Å²) in [4.78, 5) is 15.2. The van der Waals surface area contributed by atoms with E-state index in [1.807, 2.05) is 12.1 Å². The van der Waals surface area contributed by atoms with Crippen LogP contribution in [0.25, 0.3) is 0 Å². The molecule has 3 rings (SSSR count). The topological polar surface area (TPSA) is 38.8 Å². The van der Waals surface area contributed by atoms with E-state index < -0.39 is 0 Å². The van der Waals surface area contributed by atoms with Crippen molar-refractivity contribution in [3.8, 4) is 5.75 Å². The number of carbonyl (C=O) groups is 1. The number of hydrogen-bond donors (Lipinski definition) is 0. The van der Waals surface area contributed by atoms with Gasteiger partial charge in [-0.2, -0.15) is 0 Å². The molecule has 0 bridgehead atoms. The molecule has 23 heavy (non-hydrogen) atoms. The molecule has 1 aromatic carbocycles. The Kier molecular flexibility index (Phi) is 5.55. The zero-order valence-corrected chi connectivity index (χ0v) is 14.0. The fraction of sp³-hybridized carbons (Fsp3) is 0.632. The van der Waals surface area contributed by atoms with Crippen LogP contribution >= 0.6 is 0 Å². The highest BCUT2D eigenvalue weighted by Gasteiger charge is 2.32. The Bertz CT molecular complexity index is 508. The molecule has 0 aromatic heterocycles. The molecule has 2 heterocycles. The van der Waals surface area contributed by atoms with Crippen molar-refractivity contribution in [2.75, 3.05) is 26.9 Å².